The van der Waals surface area contributed by atoms with Gasteiger partial charge in [0.1, 0.15) is 12.4 Å². The number of rotatable bonds is 7. The molecule has 0 fully saturated rings. The van der Waals surface area contributed by atoms with Gasteiger partial charge in [0.25, 0.3) is 0 Å². The van der Waals surface area contributed by atoms with E-state index in [1.165, 1.54) is 0 Å². The number of ether oxygens (including phenoxy) is 1. The number of nitrogens with one attached hydrogen (secondary N) is 1. The van der Waals surface area contributed by atoms with Crippen LogP contribution in [0.25, 0.3) is 0 Å². The molecule has 0 amide bonds. The molecule has 0 radical (unpaired) electrons. The average Bonchev–Trinajstić information content (AvgIpc) is 2.38. The van der Waals surface area contributed by atoms with E-state index in [9.17, 15) is 8.42 Å². The summed E-state index contributed by atoms with van der Waals surface area (Å²) in [5.74, 6) is 0.741. The molecule has 0 aliphatic carbocycles. The molecule has 0 bridgehead atoms. The van der Waals surface area contributed by atoms with Gasteiger partial charge in [-0.05, 0) is 51.9 Å². The van der Waals surface area contributed by atoms with E-state index in [1.807, 2.05) is 24.3 Å². The molecule has 0 saturated carbocycles. The second kappa shape index (κ2) is 7.27. The van der Waals surface area contributed by atoms with Crippen LogP contribution in [0.3, 0.4) is 0 Å². The summed E-state index contributed by atoms with van der Waals surface area (Å²) in [5, 5.41) is 3.34. The SMILES string of the molecule is CCNC(C)c1cccc(OCCS(=O)(=O)C(C)(C)C)c1. The van der Waals surface area contributed by atoms with Gasteiger partial charge in [-0.3, -0.25) is 0 Å². The zero-order valence-electron chi connectivity index (χ0n) is 13.6. The third kappa shape index (κ3) is 5.32. The lowest BCUT2D eigenvalue weighted by molar-refractivity contribution is 0.339. The Kier molecular flexibility index (Phi) is 6.23. The van der Waals surface area contributed by atoms with Crippen molar-refractivity contribution in [3.05, 3.63) is 29.8 Å². The molecule has 1 atom stereocenters. The summed E-state index contributed by atoms with van der Waals surface area (Å²) in [6, 6.07) is 8.02. The summed E-state index contributed by atoms with van der Waals surface area (Å²) in [7, 11) is -3.14. The molecule has 1 N–H and O–H groups in total. The van der Waals surface area contributed by atoms with Crippen molar-refractivity contribution in [1.82, 2.24) is 5.32 Å². The molecule has 0 spiro atoms. The molecule has 0 heterocycles. The molecule has 21 heavy (non-hydrogen) atoms. The van der Waals surface area contributed by atoms with Crippen LogP contribution in [0.5, 0.6) is 5.75 Å². The summed E-state index contributed by atoms with van der Waals surface area (Å²) in [4.78, 5) is 0. The van der Waals surface area contributed by atoms with Crippen LogP contribution < -0.4 is 10.1 Å². The van der Waals surface area contributed by atoms with E-state index in [0.29, 0.717) is 5.75 Å². The summed E-state index contributed by atoms with van der Waals surface area (Å²) in [6.07, 6.45) is 0. The number of hydrogen-bond acceptors (Lipinski definition) is 4. The molecule has 120 valence electrons. The van der Waals surface area contributed by atoms with Gasteiger partial charge >= 0.3 is 0 Å². The Hall–Kier alpha value is -1.07. The maximum absolute atomic E-state index is 12.0. The highest BCUT2D eigenvalue weighted by Gasteiger charge is 2.28. The molecule has 0 aliphatic heterocycles. The van der Waals surface area contributed by atoms with Gasteiger partial charge in [-0.15, -0.1) is 0 Å². The molecule has 1 aromatic carbocycles. The minimum absolute atomic E-state index is 0.0312. The lowest BCUT2D eigenvalue weighted by Crippen LogP contribution is -2.32. The fourth-order valence-electron chi connectivity index (χ4n) is 1.87. The Labute approximate surface area is 128 Å². The van der Waals surface area contributed by atoms with Crippen molar-refractivity contribution < 1.29 is 13.2 Å². The van der Waals surface area contributed by atoms with E-state index in [2.05, 4.69) is 19.2 Å². The third-order valence-corrected chi connectivity index (χ3v) is 5.99. The van der Waals surface area contributed by atoms with Gasteiger partial charge in [-0.25, -0.2) is 8.42 Å². The Morgan fingerprint density at radius 1 is 1.29 bits per heavy atom. The van der Waals surface area contributed by atoms with Crippen molar-refractivity contribution in [3.63, 3.8) is 0 Å². The Balaban J connectivity index is 2.63. The highest BCUT2D eigenvalue weighted by molar-refractivity contribution is 7.92. The molecule has 0 aromatic heterocycles. The monoisotopic (exact) mass is 313 g/mol. The van der Waals surface area contributed by atoms with Crippen LogP contribution in [0.2, 0.25) is 0 Å². The third-order valence-electron chi connectivity index (χ3n) is 3.42. The van der Waals surface area contributed by atoms with Crippen molar-refractivity contribution >= 4 is 9.84 Å². The quantitative estimate of drug-likeness (QED) is 0.841. The van der Waals surface area contributed by atoms with E-state index in [-0.39, 0.29) is 18.4 Å². The molecule has 1 aromatic rings. The van der Waals surface area contributed by atoms with Gasteiger partial charge < -0.3 is 10.1 Å². The van der Waals surface area contributed by atoms with Crippen LogP contribution in [-0.2, 0) is 9.84 Å². The first-order valence-electron chi connectivity index (χ1n) is 7.36. The molecule has 1 rings (SSSR count). The molecule has 5 heteroatoms. The van der Waals surface area contributed by atoms with Crippen molar-refractivity contribution in [2.45, 2.75) is 45.4 Å². The maximum atomic E-state index is 12.0. The summed E-state index contributed by atoms with van der Waals surface area (Å²) >= 11 is 0. The van der Waals surface area contributed by atoms with Crippen LogP contribution >= 0.6 is 0 Å². The molecule has 0 saturated heterocycles. The Morgan fingerprint density at radius 2 is 1.95 bits per heavy atom. The van der Waals surface area contributed by atoms with Crippen LogP contribution in [0, 0.1) is 0 Å². The zero-order chi connectivity index (χ0) is 16.1. The van der Waals surface area contributed by atoms with E-state index in [0.717, 1.165) is 12.1 Å². The standard InChI is InChI=1S/C16H27NO3S/c1-6-17-13(2)14-8-7-9-15(12-14)20-10-11-21(18,19)16(3,4)5/h7-9,12-13,17H,6,10-11H2,1-5H3. The summed E-state index contributed by atoms with van der Waals surface area (Å²) in [6.45, 7) is 10.4. The number of sulfone groups is 1. The van der Waals surface area contributed by atoms with Gasteiger partial charge in [-0.1, -0.05) is 19.1 Å². The fourth-order valence-corrected chi connectivity index (χ4v) is 2.79. The molecule has 0 aliphatic rings. The maximum Gasteiger partial charge on any atom is 0.158 e. The smallest absolute Gasteiger partial charge is 0.158 e. The minimum Gasteiger partial charge on any atom is -0.493 e. The Morgan fingerprint density at radius 3 is 2.52 bits per heavy atom. The fraction of sp³-hybridized carbons (Fsp3) is 0.625. The largest absolute Gasteiger partial charge is 0.493 e. The lowest BCUT2D eigenvalue weighted by Gasteiger charge is -2.19. The van der Waals surface area contributed by atoms with E-state index >= 15 is 0 Å². The minimum atomic E-state index is -3.14. The first kappa shape index (κ1) is 18.0. The van der Waals surface area contributed by atoms with Gasteiger partial charge in [-0.2, -0.15) is 0 Å². The summed E-state index contributed by atoms with van der Waals surface area (Å²) in [5.41, 5.74) is 1.13. The molecular weight excluding hydrogens is 286 g/mol. The van der Waals surface area contributed by atoms with Gasteiger partial charge in [0, 0.05) is 6.04 Å². The van der Waals surface area contributed by atoms with E-state index in [4.69, 9.17) is 4.74 Å². The number of hydrogen-bond donors (Lipinski definition) is 1. The van der Waals surface area contributed by atoms with Crippen LogP contribution in [0.4, 0.5) is 0 Å². The zero-order valence-corrected chi connectivity index (χ0v) is 14.5. The number of benzene rings is 1. The molecule has 1 unspecified atom stereocenters. The van der Waals surface area contributed by atoms with Gasteiger partial charge in [0.15, 0.2) is 9.84 Å². The second-order valence-electron chi connectivity index (χ2n) is 6.13. The highest BCUT2D eigenvalue weighted by atomic mass is 32.2. The van der Waals surface area contributed by atoms with Crippen LogP contribution in [0.15, 0.2) is 24.3 Å². The predicted octanol–water partition coefficient (Wildman–Crippen LogP) is 2.95. The topological polar surface area (TPSA) is 55.4 Å². The van der Waals surface area contributed by atoms with Crippen LogP contribution in [-0.4, -0.2) is 32.1 Å². The predicted molar refractivity (Wildman–Crippen MR) is 87.6 cm³/mol. The van der Waals surface area contributed by atoms with Crippen molar-refractivity contribution in [2.24, 2.45) is 0 Å². The Bertz CT molecular complexity index is 547. The van der Waals surface area contributed by atoms with E-state index in [1.54, 1.807) is 20.8 Å². The molecular formula is C16H27NO3S. The second-order valence-corrected chi connectivity index (χ2v) is 8.99. The average molecular weight is 313 g/mol. The van der Waals surface area contributed by atoms with E-state index < -0.39 is 14.6 Å². The molecule has 4 nitrogen and oxygen atoms in total. The van der Waals surface area contributed by atoms with Crippen molar-refractivity contribution in [2.75, 3.05) is 18.9 Å². The highest BCUT2D eigenvalue weighted by Crippen LogP contribution is 2.20. The lowest BCUT2D eigenvalue weighted by atomic mass is 10.1. The first-order valence-corrected chi connectivity index (χ1v) is 9.01. The first-order chi connectivity index (χ1) is 9.67. The van der Waals surface area contributed by atoms with Crippen molar-refractivity contribution in [3.8, 4) is 5.75 Å². The summed E-state index contributed by atoms with van der Waals surface area (Å²) < 4.78 is 28.9. The van der Waals surface area contributed by atoms with Gasteiger partial charge in [0.2, 0.25) is 0 Å². The van der Waals surface area contributed by atoms with Crippen molar-refractivity contribution in [1.29, 1.82) is 0 Å². The van der Waals surface area contributed by atoms with Crippen LogP contribution in [0.1, 0.15) is 46.2 Å². The van der Waals surface area contributed by atoms with Gasteiger partial charge in [0.05, 0.1) is 10.5 Å². The normalized spacial score (nSPS) is 14.0.